The lowest BCUT2D eigenvalue weighted by atomic mass is 9.87. The minimum Gasteiger partial charge on any atom is -0.393 e. The summed E-state index contributed by atoms with van der Waals surface area (Å²) in [6, 6.07) is 4.05. The molecule has 0 bridgehead atoms. The summed E-state index contributed by atoms with van der Waals surface area (Å²) in [6.07, 6.45) is 5.56. The van der Waals surface area contributed by atoms with E-state index < -0.39 is 0 Å². The van der Waals surface area contributed by atoms with E-state index >= 15 is 0 Å². The second-order valence-electron chi connectivity index (χ2n) is 4.93. The number of fused-ring (bicyclic) bond motifs is 1. The fraction of sp³-hybridized carbons (Fsp3) is 0.538. The maximum absolute atomic E-state index is 9.51. The van der Waals surface area contributed by atoms with Crippen LogP contribution in [0.15, 0.2) is 18.3 Å². The molecule has 2 aromatic heterocycles. The van der Waals surface area contributed by atoms with E-state index in [1.807, 2.05) is 16.8 Å². The predicted molar refractivity (Wildman–Crippen MR) is 64.9 cm³/mol. The molecule has 1 N–H and O–H groups in total. The van der Waals surface area contributed by atoms with E-state index in [-0.39, 0.29) is 6.10 Å². The van der Waals surface area contributed by atoms with Gasteiger partial charge in [0, 0.05) is 12.1 Å². The Morgan fingerprint density at radius 2 is 2.06 bits per heavy atom. The van der Waals surface area contributed by atoms with Crippen molar-refractivity contribution in [2.45, 2.75) is 44.6 Å². The number of rotatable bonds is 1. The van der Waals surface area contributed by atoms with Crippen LogP contribution in [-0.2, 0) is 0 Å². The van der Waals surface area contributed by atoms with Crippen LogP contribution in [0, 0.1) is 6.92 Å². The summed E-state index contributed by atoms with van der Waals surface area (Å²) in [4.78, 5) is 4.63. The molecule has 0 saturated heterocycles. The van der Waals surface area contributed by atoms with Crippen molar-refractivity contribution < 1.29 is 5.11 Å². The van der Waals surface area contributed by atoms with Crippen molar-refractivity contribution in [1.82, 2.24) is 14.6 Å². The lowest BCUT2D eigenvalue weighted by Crippen LogP contribution is -2.17. The SMILES string of the molecule is Cc1cccn2nc(C3CCC(O)CC3)nc12. The third kappa shape index (κ3) is 1.93. The van der Waals surface area contributed by atoms with Crippen LogP contribution < -0.4 is 0 Å². The molecule has 2 heterocycles. The molecule has 0 aliphatic heterocycles. The van der Waals surface area contributed by atoms with Gasteiger partial charge in [0.1, 0.15) is 0 Å². The van der Waals surface area contributed by atoms with Gasteiger partial charge < -0.3 is 5.11 Å². The highest BCUT2D eigenvalue weighted by Gasteiger charge is 2.24. The summed E-state index contributed by atoms with van der Waals surface area (Å²) in [5.41, 5.74) is 2.11. The molecule has 4 nitrogen and oxygen atoms in total. The van der Waals surface area contributed by atoms with Crippen LogP contribution in [0.1, 0.15) is 43.0 Å². The van der Waals surface area contributed by atoms with Crippen LogP contribution in [0.5, 0.6) is 0 Å². The van der Waals surface area contributed by atoms with Crippen molar-refractivity contribution in [3.8, 4) is 0 Å². The van der Waals surface area contributed by atoms with Crippen LogP contribution in [0.25, 0.3) is 5.65 Å². The van der Waals surface area contributed by atoms with Gasteiger partial charge in [0.05, 0.1) is 6.10 Å². The monoisotopic (exact) mass is 231 g/mol. The molecular weight excluding hydrogens is 214 g/mol. The van der Waals surface area contributed by atoms with Crippen LogP contribution in [0.4, 0.5) is 0 Å². The zero-order chi connectivity index (χ0) is 11.8. The van der Waals surface area contributed by atoms with Crippen molar-refractivity contribution in [1.29, 1.82) is 0 Å². The van der Waals surface area contributed by atoms with Gasteiger partial charge in [-0.3, -0.25) is 0 Å². The van der Waals surface area contributed by atoms with Gasteiger partial charge in [-0.2, -0.15) is 5.10 Å². The molecule has 0 spiro atoms. The van der Waals surface area contributed by atoms with E-state index in [9.17, 15) is 5.11 Å². The summed E-state index contributed by atoms with van der Waals surface area (Å²) in [6.45, 7) is 2.05. The Labute approximate surface area is 100 Å². The first-order valence-corrected chi connectivity index (χ1v) is 6.24. The van der Waals surface area contributed by atoms with Crippen LogP contribution in [-0.4, -0.2) is 25.8 Å². The van der Waals surface area contributed by atoms with Gasteiger partial charge in [-0.15, -0.1) is 0 Å². The van der Waals surface area contributed by atoms with Gasteiger partial charge in [-0.25, -0.2) is 9.50 Å². The summed E-state index contributed by atoms with van der Waals surface area (Å²) >= 11 is 0. The number of aromatic nitrogens is 3. The van der Waals surface area contributed by atoms with E-state index in [2.05, 4.69) is 23.1 Å². The summed E-state index contributed by atoms with van der Waals surface area (Å²) in [7, 11) is 0. The molecule has 2 aromatic rings. The van der Waals surface area contributed by atoms with Crippen molar-refractivity contribution in [2.24, 2.45) is 0 Å². The molecule has 1 aliphatic carbocycles. The van der Waals surface area contributed by atoms with Gasteiger partial charge in [0.25, 0.3) is 0 Å². The average molecular weight is 231 g/mol. The number of nitrogens with zero attached hydrogens (tertiary/aromatic N) is 3. The van der Waals surface area contributed by atoms with E-state index in [1.165, 1.54) is 0 Å². The third-order valence-corrected chi connectivity index (χ3v) is 3.64. The summed E-state index contributed by atoms with van der Waals surface area (Å²) in [5.74, 6) is 1.35. The highest BCUT2D eigenvalue weighted by molar-refractivity contribution is 5.46. The molecule has 17 heavy (non-hydrogen) atoms. The average Bonchev–Trinajstić information content (AvgIpc) is 2.75. The Morgan fingerprint density at radius 1 is 1.29 bits per heavy atom. The number of aryl methyl sites for hydroxylation is 1. The first-order valence-electron chi connectivity index (χ1n) is 6.24. The van der Waals surface area contributed by atoms with Gasteiger partial charge >= 0.3 is 0 Å². The number of aliphatic hydroxyl groups excluding tert-OH is 1. The largest absolute Gasteiger partial charge is 0.393 e. The highest BCUT2D eigenvalue weighted by Crippen LogP contribution is 2.31. The molecule has 3 rings (SSSR count). The maximum atomic E-state index is 9.51. The Bertz CT molecular complexity index is 526. The zero-order valence-electron chi connectivity index (χ0n) is 10.0. The van der Waals surface area contributed by atoms with Gasteiger partial charge in [0.2, 0.25) is 0 Å². The molecular formula is C13H17N3O. The standard InChI is InChI=1S/C13H17N3O/c1-9-3-2-8-16-13(9)14-12(15-16)10-4-6-11(17)7-5-10/h2-3,8,10-11,17H,4-7H2,1H3. The molecule has 1 fully saturated rings. The van der Waals surface area contributed by atoms with E-state index in [1.54, 1.807) is 0 Å². The predicted octanol–water partition coefficient (Wildman–Crippen LogP) is 2.06. The molecule has 4 heteroatoms. The molecule has 0 amide bonds. The quantitative estimate of drug-likeness (QED) is 0.817. The number of pyridine rings is 1. The van der Waals surface area contributed by atoms with Crippen LogP contribution in [0.2, 0.25) is 0 Å². The first kappa shape index (κ1) is 10.7. The molecule has 0 aromatic carbocycles. The molecule has 0 atom stereocenters. The van der Waals surface area contributed by atoms with E-state index in [4.69, 9.17) is 0 Å². The number of hydrogen-bond acceptors (Lipinski definition) is 3. The minimum absolute atomic E-state index is 0.120. The molecule has 90 valence electrons. The normalized spacial score (nSPS) is 25.3. The Hall–Kier alpha value is -1.42. The summed E-state index contributed by atoms with van der Waals surface area (Å²) in [5, 5.41) is 14.1. The number of hydrogen-bond donors (Lipinski definition) is 1. The molecule has 0 radical (unpaired) electrons. The van der Waals surface area contributed by atoms with Crippen molar-refractivity contribution in [3.05, 3.63) is 29.7 Å². The van der Waals surface area contributed by atoms with Crippen LogP contribution in [0.3, 0.4) is 0 Å². The topological polar surface area (TPSA) is 50.4 Å². The van der Waals surface area contributed by atoms with Crippen molar-refractivity contribution >= 4 is 5.65 Å². The summed E-state index contributed by atoms with van der Waals surface area (Å²) < 4.78 is 1.86. The Balaban J connectivity index is 1.93. The molecule has 1 aliphatic rings. The maximum Gasteiger partial charge on any atom is 0.158 e. The first-order chi connectivity index (χ1) is 8.24. The molecule has 1 saturated carbocycles. The number of aliphatic hydroxyl groups is 1. The minimum atomic E-state index is -0.120. The Kier molecular flexibility index (Phi) is 2.59. The van der Waals surface area contributed by atoms with E-state index in [0.717, 1.165) is 42.7 Å². The lowest BCUT2D eigenvalue weighted by Gasteiger charge is -2.22. The fourth-order valence-electron chi connectivity index (χ4n) is 2.56. The van der Waals surface area contributed by atoms with Crippen molar-refractivity contribution in [3.63, 3.8) is 0 Å². The van der Waals surface area contributed by atoms with E-state index in [0.29, 0.717) is 5.92 Å². The van der Waals surface area contributed by atoms with Gasteiger partial charge in [0.15, 0.2) is 11.5 Å². The second kappa shape index (κ2) is 4.11. The smallest absolute Gasteiger partial charge is 0.158 e. The molecule has 0 unspecified atom stereocenters. The Morgan fingerprint density at radius 3 is 2.76 bits per heavy atom. The second-order valence-corrected chi connectivity index (χ2v) is 4.93. The zero-order valence-corrected chi connectivity index (χ0v) is 10.0. The van der Waals surface area contributed by atoms with Crippen LogP contribution >= 0.6 is 0 Å². The fourth-order valence-corrected chi connectivity index (χ4v) is 2.56. The van der Waals surface area contributed by atoms with Crippen molar-refractivity contribution in [2.75, 3.05) is 0 Å². The van der Waals surface area contributed by atoms with Gasteiger partial charge in [-0.1, -0.05) is 6.07 Å². The highest BCUT2D eigenvalue weighted by atomic mass is 16.3. The lowest BCUT2D eigenvalue weighted by molar-refractivity contribution is 0.121. The third-order valence-electron chi connectivity index (χ3n) is 3.64. The van der Waals surface area contributed by atoms with Gasteiger partial charge in [-0.05, 0) is 44.2 Å².